The maximum Gasteiger partial charge on any atom is 0.313 e. The fourth-order valence-electron chi connectivity index (χ4n) is 1.86. The van der Waals surface area contributed by atoms with Gasteiger partial charge in [0.15, 0.2) is 0 Å². The molecule has 0 aliphatic carbocycles. The van der Waals surface area contributed by atoms with Gasteiger partial charge in [0.1, 0.15) is 5.25 Å². The van der Waals surface area contributed by atoms with Crippen LogP contribution in [0.25, 0.3) is 0 Å². The minimum Gasteiger partial charge on any atom is -0.481 e. The third-order valence-electron chi connectivity index (χ3n) is 2.90. The van der Waals surface area contributed by atoms with E-state index in [2.05, 4.69) is 21.2 Å². The molecule has 0 aliphatic heterocycles. The molecule has 2 N–H and O–H groups in total. The van der Waals surface area contributed by atoms with Gasteiger partial charge in [-0.05, 0) is 42.0 Å². The lowest BCUT2D eigenvalue weighted by Gasteiger charge is -2.16. The minimum absolute atomic E-state index is 0.166. The molecule has 0 aromatic heterocycles. The summed E-state index contributed by atoms with van der Waals surface area (Å²) in [4.78, 5) is 23.4. The van der Waals surface area contributed by atoms with E-state index >= 15 is 0 Å². The van der Waals surface area contributed by atoms with E-state index in [0.29, 0.717) is 16.3 Å². The predicted molar refractivity (Wildman–Crippen MR) is 97.1 cm³/mol. The summed E-state index contributed by atoms with van der Waals surface area (Å²) in [7, 11) is 0. The number of hydrogen-bond donors (Lipinski definition) is 2. The van der Waals surface area contributed by atoms with Gasteiger partial charge in [-0.1, -0.05) is 39.7 Å². The molecule has 2 rings (SSSR count). The van der Waals surface area contributed by atoms with Crippen molar-refractivity contribution >= 4 is 56.9 Å². The Kier molecular flexibility index (Phi) is 6.50. The molecule has 7 heteroatoms. The van der Waals surface area contributed by atoms with Crippen molar-refractivity contribution in [3.05, 3.63) is 63.6 Å². The summed E-state index contributed by atoms with van der Waals surface area (Å²) in [5.41, 5.74) is 1.35. The van der Waals surface area contributed by atoms with Gasteiger partial charge in [-0.3, -0.25) is 9.59 Å². The Morgan fingerprint density at radius 1 is 1.13 bits per heavy atom. The van der Waals surface area contributed by atoms with Gasteiger partial charge in [0.25, 0.3) is 0 Å². The molecular formula is C16H13BrClNO3S. The number of nitrogens with one attached hydrogen (secondary N) is 1. The summed E-state index contributed by atoms with van der Waals surface area (Å²) in [5.74, 6) is -1.41. The van der Waals surface area contributed by atoms with Crippen molar-refractivity contribution < 1.29 is 14.7 Å². The summed E-state index contributed by atoms with van der Waals surface area (Å²) in [6.45, 7) is 0. The van der Waals surface area contributed by atoms with Crippen LogP contribution in [0.1, 0.15) is 10.8 Å². The van der Waals surface area contributed by atoms with Crippen molar-refractivity contribution in [2.24, 2.45) is 0 Å². The van der Waals surface area contributed by atoms with E-state index in [9.17, 15) is 9.59 Å². The van der Waals surface area contributed by atoms with Crippen LogP contribution in [0.3, 0.4) is 0 Å². The highest BCUT2D eigenvalue weighted by molar-refractivity contribution is 9.10. The highest BCUT2D eigenvalue weighted by atomic mass is 79.9. The predicted octanol–water partition coefficient (Wildman–Crippen LogP) is 4.60. The smallest absolute Gasteiger partial charge is 0.313 e. The number of carboxylic acids is 1. The van der Waals surface area contributed by atoms with Crippen LogP contribution in [0, 0.1) is 0 Å². The zero-order chi connectivity index (χ0) is 16.8. The number of anilines is 1. The Morgan fingerprint density at radius 3 is 2.30 bits per heavy atom. The Bertz CT molecular complexity index is 691. The van der Waals surface area contributed by atoms with Crippen molar-refractivity contribution in [2.45, 2.75) is 5.25 Å². The maximum absolute atomic E-state index is 12.5. The molecule has 23 heavy (non-hydrogen) atoms. The standard InChI is InChI=1S/C16H13BrClNO3S/c17-11-3-7-13(8-4-11)19-16(22)15(23-9-14(20)21)10-1-5-12(18)6-2-10/h1-8,15H,9H2,(H,19,22)(H,20,21)/t15-/m1/s1. The van der Waals surface area contributed by atoms with Crippen LogP contribution >= 0.6 is 39.3 Å². The van der Waals surface area contributed by atoms with Crippen LogP contribution in [-0.2, 0) is 9.59 Å². The Hall–Kier alpha value is -1.50. The molecule has 0 spiro atoms. The number of thioether (sulfide) groups is 1. The van der Waals surface area contributed by atoms with Gasteiger partial charge >= 0.3 is 5.97 Å². The number of carbonyl (C=O) groups is 2. The Morgan fingerprint density at radius 2 is 1.74 bits per heavy atom. The minimum atomic E-state index is -0.967. The van der Waals surface area contributed by atoms with Crippen LogP contribution in [0.4, 0.5) is 5.69 Å². The first-order valence-electron chi connectivity index (χ1n) is 6.61. The van der Waals surface area contributed by atoms with Crippen LogP contribution in [0.15, 0.2) is 53.0 Å². The first-order valence-corrected chi connectivity index (χ1v) is 8.83. The number of hydrogen-bond acceptors (Lipinski definition) is 3. The third kappa shape index (κ3) is 5.57. The number of benzene rings is 2. The van der Waals surface area contributed by atoms with Gasteiger partial charge in [0.05, 0.1) is 5.75 Å². The van der Waals surface area contributed by atoms with Crippen molar-refractivity contribution in [1.82, 2.24) is 0 Å². The number of amides is 1. The van der Waals surface area contributed by atoms with Crippen molar-refractivity contribution in [3.63, 3.8) is 0 Å². The Labute approximate surface area is 151 Å². The fraction of sp³-hybridized carbons (Fsp3) is 0.125. The first kappa shape index (κ1) is 17.8. The third-order valence-corrected chi connectivity index (χ3v) is 4.91. The topological polar surface area (TPSA) is 66.4 Å². The van der Waals surface area contributed by atoms with Gasteiger partial charge in [-0.2, -0.15) is 0 Å². The highest BCUT2D eigenvalue weighted by Crippen LogP contribution is 2.31. The second kappa shape index (κ2) is 8.38. The zero-order valence-corrected chi connectivity index (χ0v) is 15.0. The van der Waals surface area contributed by atoms with E-state index in [1.54, 1.807) is 36.4 Å². The molecule has 1 atom stereocenters. The van der Waals surface area contributed by atoms with E-state index < -0.39 is 11.2 Å². The van der Waals surface area contributed by atoms with Crippen LogP contribution in [0.2, 0.25) is 5.02 Å². The molecule has 4 nitrogen and oxygen atoms in total. The summed E-state index contributed by atoms with van der Waals surface area (Å²) < 4.78 is 0.907. The van der Waals surface area contributed by atoms with E-state index in [-0.39, 0.29) is 11.7 Å². The lowest BCUT2D eigenvalue weighted by molar-refractivity contribution is -0.133. The van der Waals surface area contributed by atoms with Crippen molar-refractivity contribution in [2.75, 3.05) is 11.1 Å². The van der Waals surface area contributed by atoms with Crippen LogP contribution < -0.4 is 5.32 Å². The monoisotopic (exact) mass is 413 g/mol. The van der Waals surface area contributed by atoms with E-state index in [1.165, 1.54) is 0 Å². The van der Waals surface area contributed by atoms with Crippen LogP contribution in [0.5, 0.6) is 0 Å². The fourth-order valence-corrected chi connectivity index (χ4v) is 3.12. The summed E-state index contributed by atoms with van der Waals surface area (Å²) in [6.07, 6.45) is 0. The van der Waals surface area contributed by atoms with E-state index in [4.69, 9.17) is 16.7 Å². The molecular weight excluding hydrogens is 402 g/mol. The first-order chi connectivity index (χ1) is 11.0. The molecule has 0 heterocycles. The molecule has 0 unspecified atom stereocenters. The summed E-state index contributed by atoms with van der Waals surface area (Å²) in [6, 6.07) is 14.0. The van der Waals surface area contributed by atoms with Gasteiger partial charge < -0.3 is 10.4 Å². The molecule has 0 saturated carbocycles. The molecule has 120 valence electrons. The maximum atomic E-state index is 12.5. The Balaban J connectivity index is 2.17. The second-order valence-corrected chi connectivity index (χ2v) is 7.08. The summed E-state index contributed by atoms with van der Waals surface area (Å²) in [5, 5.41) is 11.6. The van der Waals surface area contributed by atoms with Crippen molar-refractivity contribution in [1.29, 1.82) is 0 Å². The summed E-state index contributed by atoms with van der Waals surface area (Å²) >= 11 is 10.2. The van der Waals surface area contributed by atoms with Gasteiger partial charge in [-0.15, -0.1) is 11.8 Å². The molecule has 1 amide bonds. The molecule has 2 aromatic rings. The largest absolute Gasteiger partial charge is 0.481 e. The number of carboxylic acid groups (broad SMARTS) is 1. The molecule has 0 fully saturated rings. The lowest BCUT2D eigenvalue weighted by atomic mass is 10.1. The molecule has 0 radical (unpaired) electrons. The average molecular weight is 415 g/mol. The molecule has 0 saturated heterocycles. The second-order valence-electron chi connectivity index (χ2n) is 4.63. The molecule has 2 aromatic carbocycles. The van der Waals surface area contributed by atoms with Gasteiger partial charge in [0.2, 0.25) is 5.91 Å². The SMILES string of the molecule is O=C(O)CS[C@@H](C(=O)Nc1ccc(Br)cc1)c1ccc(Cl)cc1. The normalized spacial score (nSPS) is 11.7. The van der Waals surface area contributed by atoms with E-state index in [0.717, 1.165) is 16.2 Å². The lowest BCUT2D eigenvalue weighted by Crippen LogP contribution is -2.20. The average Bonchev–Trinajstić information content (AvgIpc) is 2.51. The van der Waals surface area contributed by atoms with Gasteiger partial charge in [-0.25, -0.2) is 0 Å². The number of halogens is 2. The quantitative estimate of drug-likeness (QED) is 0.725. The molecule has 0 bridgehead atoms. The number of aliphatic carboxylic acids is 1. The van der Waals surface area contributed by atoms with Gasteiger partial charge in [0, 0.05) is 15.2 Å². The zero-order valence-electron chi connectivity index (χ0n) is 11.8. The van der Waals surface area contributed by atoms with Crippen molar-refractivity contribution in [3.8, 4) is 0 Å². The number of rotatable bonds is 6. The highest BCUT2D eigenvalue weighted by Gasteiger charge is 2.22. The molecule has 0 aliphatic rings. The number of carbonyl (C=O) groups excluding carboxylic acids is 1. The van der Waals surface area contributed by atoms with Crippen LogP contribution in [-0.4, -0.2) is 22.7 Å². The van der Waals surface area contributed by atoms with E-state index in [1.807, 2.05) is 12.1 Å².